The summed E-state index contributed by atoms with van der Waals surface area (Å²) in [7, 11) is 0. The lowest BCUT2D eigenvalue weighted by atomic mass is 9.76. The number of hydrogen-bond donors (Lipinski definition) is 1. The number of phenolic OH excluding ortho intramolecular Hbond substituents is 1. The van der Waals surface area contributed by atoms with E-state index in [1.807, 2.05) is 0 Å². The molecule has 1 nitrogen and oxygen atoms in total. The Morgan fingerprint density at radius 3 is 1.67 bits per heavy atom. The maximum absolute atomic E-state index is 14.1. The van der Waals surface area contributed by atoms with Gasteiger partial charge >= 0.3 is 0 Å². The molecule has 0 bridgehead atoms. The van der Waals surface area contributed by atoms with Crippen LogP contribution in [0.4, 0.5) is 8.78 Å². The molecule has 3 rings (SSSR count). The van der Waals surface area contributed by atoms with Crippen molar-refractivity contribution in [3.8, 4) is 5.75 Å². The van der Waals surface area contributed by atoms with Crippen LogP contribution in [0.3, 0.4) is 0 Å². The lowest BCUT2D eigenvalue weighted by Gasteiger charge is -2.30. The second-order valence-corrected chi connectivity index (χ2v) is 10.2. The van der Waals surface area contributed by atoms with Gasteiger partial charge in [0.1, 0.15) is 0 Å². The van der Waals surface area contributed by atoms with Crippen molar-refractivity contribution < 1.29 is 13.9 Å². The lowest BCUT2D eigenvalue weighted by Crippen LogP contribution is -2.16. The highest BCUT2D eigenvalue weighted by Crippen LogP contribution is 2.40. The smallest absolute Gasteiger partial charge is 0.200 e. The van der Waals surface area contributed by atoms with Gasteiger partial charge in [0.15, 0.2) is 11.6 Å². The van der Waals surface area contributed by atoms with Crippen molar-refractivity contribution in [1.82, 2.24) is 0 Å². The van der Waals surface area contributed by atoms with Crippen LogP contribution < -0.4 is 0 Å². The molecule has 0 atom stereocenters. The number of rotatable bonds is 10. The van der Waals surface area contributed by atoms with Crippen LogP contribution in [-0.4, -0.2) is 5.11 Å². The Labute approximate surface area is 182 Å². The zero-order valence-corrected chi connectivity index (χ0v) is 19.0. The Bertz CT molecular complexity index is 628. The summed E-state index contributed by atoms with van der Waals surface area (Å²) in [6.07, 6.45) is 21.0. The third-order valence-corrected chi connectivity index (χ3v) is 8.04. The minimum Gasteiger partial charge on any atom is -0.505 e. The third-order valence-electron chi connectivity index (χ3n) is 8.04. The SMILES string of the molecule is CCCCC[C@H]1CC[C@H](CCCC[C@H]2CC[C@H](c3ccc(O)c(F)c3F)CC2)CC1. The van der Waals surface area contributed by atoms with Crippen molar-refractivity contribution in [3.63, 3.8) is 0 Å². The minimum absolute atomic E-state index is 0.101. The summed E-state index contributed by atoms with van der Waals surface area (Å²) >= 11 is 0. The van der Waals surface area contributed by atoms with Crippen molar-refractivity contribution in [3.05, 3.63) is 29.3 Å². The molecule has 0 unspecified atom stereocenters. The molecular weight excluding hydrogens is 378 g/mol. The molecule has 0 aromatic heterocycles. The van der Waals surface area contributed by atoms with Gasteiger partial charge in [-0.15, -0.1) is 0 Å². The van der Waals surface area contributed by atoms with Gasteiger partial charge in [-0.2, -0.15) is 4.39 Å². The number of aromatic hydroxyl groups is 1. The molecule has 170 valence electrons. The van der Waals surface area contributed by atoms with Gasteiger partial charge in [0.25, 0.3) is 0 Å². The monoisotopic (exact) mass is 420 g/mol. The van der Waals surface area contributed by atoms with E-state index in [4.69, 9.17) is 0 Å². The van der Waals surface area contributed by atoms with Crippen molar-refractivity contribution in [2.45, 2.75) is 116 Å². The molecule has 2 aliphatic carbocycles. The summed E-state index contributed by atoms with van der Waals surface area (Å²) in [5, 5.41) is 9.32. The Morgan fingerprint density at radius 2 is 1.17 bits per heavy atom. The van der Waals surface area contributed by atoms with Gasteiger partial charge in [-0.25, -0.2) is 4.39 Å². The van der Waals surface area contributed by atoms with Gasteiger partial charge in [0.05, 0.1) is 0 Å². The van der Waals surface area contributed by atoms with Gasteiger partial charge < -0.3 is 5.11 Å². The normalized spacial score (nSPS) is 27.3. The molecule has 2 aliphatic rings. The van der Waals surface area contributed by atoms with Gasteiger partial charge in [-0.3, -0.25) is 0 Å². The van der Waals surface area contributed by atoms with Gasteiger partial charge in [0, 0.05) is 0 Å². The Morgan fingerprint density at radius 1 is 0.700 bits per heavy atom. The third kappa shape index (κ3) is 6.69. The number of unbranched alkanes of at least 4 members (excludes halogenated alkanes) is 3. The highest BCUT2D eigenvalue weighted by Gasteiger charge is 2.26. The van der Waals surface area contributed by atoms with E-state index in [1.165, 1.54) is 83.1 Å². The molecule has 1 aromatic rings. The molecule has 0 amide bonds. The fraction of sp³-hybridized carbons (Fsp3) is 0.778. The quantitative estimate of drug-likeness (QED) is 0.375. The summed E-state index contributed by atoms with van der Waals surface area (Å²) in [5.74, 6) is 0.299. The standard InChI is InChI=1S/C27H42F2O/c1-2-3-4-7-20-10-12-21(13-11-20)8-5-6-9-22-14-16-23(17-15-22)24-18-19-25(30)27(29)26(24)28/h18-23,30H,2-17H2,1H3/t20-,21-,22-,23-. The van der Waals surface area contributed by atoms with Crippen LogP contribution in [0.15, 0.2) is 12.1 Å². The van der Waals surface area contributed by atoms with E-state index in [0.717, 1.165) is 43.4 Å². The molecule has 0 spiro atoms. The van der Waals surface area contributed by atoms with E-state index in [0.29, 0.717) is 5.56 Å². The van der Waals surface area contributed by atoms with E-state index in [1.54, 1.807) is 6.07 Å². The maximum Gasteiger partial charge on any atom is 0.200 e. The van der Waals surface area contributed by atoms with Crippen molar-refractivity contribution >= 4 is 0 Å². The van der Waals surface area contributed by atoms with Gasteiger partial charge in [-0.1, -0.05) is 90.0 Å². The summed E-state index contributed by atoms with van der Waals surface area (Å²) in [6.45, 7) is 2.29. The van der Waals surface area contributed by atoms with E-state index in [-0.39, 0.29) is 5.92 Å². The zero-order valence-electron chi connectivity index (χ0n) is 19.0. The Kier molecular flexibility index (Phi) is 9.46. The molecule has 1 aromatic carbocycles. The number of benzene rings is 1. The minimum atomic E-state index is -1.09. The first-order valence-corrected chi connectivity index (χ1v) is 12.7. The van der Waals surface area contributed by atoms with Crippen LogP contribution in [0.25, 0.3) is 0 Å². The first-order valence-electron chi connectivity index (χ1n) is 12.7. The largest absolute Gasteiger partial charge is 0.505 e. The average Bonchev–Trinajstić information content (AvgIpc) is 2.77. The number of phenols is 1. The Hall–Kier alpha value is -1.12. The fourth-order valence-electron chi connectivity index (χ4n) is 5.99. The van der Waals surface area contributed by atoms with Crippen molar-refractivity contribution in [1.29, 1.82) is 0 Å². The molecule has 2 saturated carbocycles. The molecule has 0 heterocycles. The average molecular weight is 421 g/mol. The molecule has 3 heteroatoms. The first-order chi connectivity index (χ1) is 14.6. The highest BCUT2D eigenvalue weighted by molar-refractivity contribution is 5.32. The molecule has 30 heavy (non-hydrogen) atoms. The van der Waals surface area contributed by atoms with Crippen molar-refractivity contribution in [2.75, 3.05) is 0 Å². The van der Waals surface area contributed by atoms with Crippen molar-refractivity contribution in [2.24, 2.45) is 17.8 Å². The van der Waals surface area contributed by atoms with E-state index in [2.05, 4.69) is 6.92 Å². The Balaban J connectivity index is 1.28. The summed E-state index contributed by atoms with van der Waals surface area (Å²) < 4.78 is 27.8. The topological polar surface area (TPSA) is 20.2 Å². The van der Waals surface area contributed by atoms with Gasteiger partial charge in [0.2, 0.25) is 5.82 Å². The molecule has 0 radical (unpaired) electrons. The lowest BCUT2D eigenvalue weighted by molar-refractivity contribution is 0.240. The number of hydrogen-bond acceptors (Lipinski definition) is 1. The highest BCUT2D eigenvalue weighted by atomic mass is 19.2. The first kappa shape index (κ1) is 23.5. The zero-order chi connectivity index (χ0) is 21.3. The van der Waals surface area contributed by atoms with Crippen LogP contribution in [-0.2, 0) is 0 Å². The second-order valence-electron chi connectivity index (χ2n) is 10.2. The molecule has 0 saturated heterocycles. The fourth-order valence-corrected chi connectivity index (χ4v) is 5.99. The van der Waals surface area contributed by atoms with Crippen LogP contribution in [0.2, 0.25) is 0 Å². The van der Waals surface area contributed by atoms with Crippen LogP contribution in [0.1, 0.15) is 121 Å². The molecular formula is C27H42F2O. The van der Waals surface area contributed by atoms with E-state index < -0.39 is 17.4 Å². The number of halogens is 2. The van der Waals surface area contributed by atoms with Crippen LogP contribution >= 0.6 is 0 Å². The van der Waals surface area contributed by atoms with Crippen LogP contribution in [0, 0.1) is 29.4 Å². The summed E-state index contributed by atoms with van der Waals surface area (Å²) in [6, 6.07) is 2.86. The predicted octanol–water partition coefficient (Wildman–Crippen LogP) is 8.89. The molecule has 0 aliphatic heterocycles. The van der Waals surface area contributed by atoms with E-state index in [9.17, 15) is 13.9 Å². The van der Waals surface area contributed by atoms with E-state index >= 15 is 0 Å². The van der Waals surface area contributed by atoms with Gasteiger partial charge in [-0.05, 0) is 61.0 Å². The second kappa shape index (κ2) is 12.1. The summed E-state index contributed by atoms with van der Waals surface area (Å²) in [4.78, 5) is 0. The molecule has 2 fully saturated rings. The summed E-state index contributed by atoms with van der Waals surface area (Å²) in [5.41, 5.74) is 0.453. The maximum atomic E-state index is 14.1. The predicted molar refractivity (Wildman–Crippen MR) is 121 cm³/mol. The van der Waals surface area contributed by atoms with Crippen LogP contribution in [0.5, 0.6) is 5.75 Å². The molecule has 1 N–H and O–H groups in total.